The van der Waals surface area contributed by atoms with Gasteiger partial charge in [0, 0.05) is 25.4 Å². The van der Waals surface area contributed by atoms with Crippen LogP contribution in [0.3, 0.4) is 0 Å². The van der Waals surface area contributed by atoms with Crippen LogP contribution in [0.15, 0.2) is 30.5 Å². The first-order valence-corrected chi connectivity index (χ1v) is 10.9. The second-order valence-corrected chi connectivity index (χ2v) is 8.92. The fourth-order valence-electron chi connectivity index (χ4n) is 4.41. The molecule has 1 amide bonds. The summed E-state index contributed by atoms with van der Waals surface area (Å²) in [6, 6.07) is 6.74. The maximum absolute atomic E-state index is 13.8. The van der Waals surface area contributed by atoms with E-state index in [2.05, 4.69) is 20.4 Å². The molecule has 1 fully saturated rings. The first-order chi connectivity index (χ1) is 16.0. The van der Waals surface area contributed by atoms with Gasteiger partial charge in [-0.15, -0.1) is 0 Å². The highest BCUT2D eigenvalue weighted by Crippen LogP contribution is 2.57. The van der Waals surface area contributed by atoms with Crippen molar-refractivity contribution >= 4 is 17.7 Å². The molecule has 34 heavy (non-hydrogen) atoms. The molecule has 1 aliphatic heterocycles. The Hall–Kier alpha value is -3.63. The zero-order valence-electron chi connectivity index (χ0n) is 19.1. The third kappa shape index (κ3) is 3.46. The van der Waals surface area contributed by atoms with Crippen LogP contribution in [0.5, 0.6) is 11.6 Å². The van der Waals surface area contributed by atoms with Crippen molar-refractivity contribution < 1.29 is 22.7 Å². The predicted molar refractivity (Wildman–Crippen MR) is 117 cm³/mol. The Labute approximate surface area is 193 Å². The van der Waals surface area contributed by atoms with Crippen molar-refractivity contribution in [2.45, 2.75) is 51.4 Å². The Morgan fingerprint density at radius 2 is 1.97 bits per heavy atom. The molecule has 2 aliphatic rings. The van der Waals surface area contributed by atoms with Gasteiger partial charge in [-0.2, -0.15) is 23.3 Å². The van der Waals surface area contributed by atoms with Crippen molar-refractivity contribution in [1.29, 1.82) is 0 Å². The maximum Gasteiger partial charge on any atom is 0.423 e. The van der Waals surface area contributed by atoms with E-state index in [1.54, 1.807) is 28.8 Å². The number of aryl methyl sites for hydroxylation is 1. The molecule has 1 aliphatic carbocycles. The number of fused-ring (bicyclic) bond motifs is 2. The molecule has 5 rings (SSSR count). The number of amides is 1. The normalized spacial score (nSPS) is 16.4. The fraction of sp³-hybridized carbons (Fsp3) is 0.391. The Balaban J connectivity index is 1.55. The molecule has 1 spiro atoms. The van der Waals surface area contributed by atoms with Gasteiger partial charge in [-0.25, -0.2) is 9.67 Å². The van der Waals surface area contributed by atoms with E-state index < -0.39 is 17.6 Å². The number of aromatic nitrogens is 4. The lowest BCUT2D eigenvalue weighted by atomic mass is 10.0. The summed E-state index contributed by atoms with van der Waals surface area (Å²) in [7, 11) is 1.70. The third-order valence-electron chi connectivity index (χ3n) is 6.26. The van der Waals surface area contributed by atoms with Gasteiger partial charge in [-0.05, 0) is 45.2 Å². The number of anilines is 2. The van der Waals surface area contributed by atoms with Gasteiger partial charge in [-0.3, -0.25) is 4.79 Å². The largest absolute Gasteiger partial charge is 0.437 e. The van der Waals surface area contributed by atoms with E-state index in [9.17, 15) is 18.0 Å². The number of hydrogen-bond donors (Lipinski definition) is 1. The molecular weight excluding hydrogens is 449 g/mol. The zero-order chi connectivity index (χ0) is 24.4. The molecule has 3 aromatic rings. The van der Waals surface area contributed by atoms with Crippen molar-refractivity contribution in [3.8, 4) is 11.6 Å². The van der Waals surface area contributed by atoms with Gasteiger partial charge in [0.1, 0.15) is 17.1 Å². The van der Waals surface area contributed by atoms with Crippen LogP contribution in [0.25, 0.3) is 0 Å². The van der Waals surface area contributed by atoms with Crippen LogP contribution in [-0.2, 0) is 11.7 Å². The van der Waals surface area contributed by atoms with E-state index in [1.807, 2.05) is 26.8 Å². The molecule has 0 unspecified atom stereocenters. The highest BCUT2D eigenvalue weighted by molar-refractivity contribution is 6.03. The van der Waals surface area contributed by atoms with Gasteiger partial charge >= 0.3 is 6.18 Å². The number of ether oxygens (including phenoxy) is 1. The first-order valence-electron chi connectivity index (χ1n) is 10.9. The topological polar surface area (TPSA) is 85.2 Å². The second kappa shape index (κ2) is 7.44. The quantitative estimate of drug-likeness (QED) is 0.550. The number of nitrogens with zero attached hydrogens (tertiary/aromatic N) is 5. The van der Waals surface area contributed by atoms with Crippen LogP contribution in [0.2, 0.25) is 0 Å². The lowest BCUT2D eigenvalue weighted by molar-refractivity contribution is -0.139. The molecule has 2 aromatic heterocycles. The maximum atomic E-state index is 13.8. The smallest absolute Gasteiger partial charge is 0.423 e. The Kier molecular flexibility index (Phi) is 4.85. The average molecular weight is 472 g/mol. The van der Waals surface area contributed by atoms with Gasteiger partial charge < -0.3 is 15.0 Å². The number of alkyl halides is 3. The van der Waals surface area contributed by atoms with Gasteiger partial charge in [0.15, 0.2) is 0 Å². The Morgan fingerprint density at radius 3 is 2.62 bits per heavy atom. The van der Waals surface area contributed by atoms with Crippen molar-refractivity contribution in [1.82, 2.24) is 24.6 Å². The number of halogens is 3. The predicted octanol–water partition coefficient (Wildman–Crippen LogP) is 5.19. The molecule has 0 atom stereocenters. The summed E-state index contributed by atoms with van der Waals surface area (Å²) in [6.45, 7) is 5.66. The Bertz CT molecular complexity index is 1300. The first kappa shape index (κ1) is 22.2. The molecule has 1 aromatic carbocycles. The van der Waals surface area contributed by atoms with Crippen molar-refractivity contribution in [3.05, 3.63) is 52.8 Å². The van der Waals surface area contributed by atoms with Gasteiger partial charge in [0.2, 0.25) is 11.8 Å². The number of carbonyl (C=O) groups excluding carboxylic acids is 1. The summed E-state index contributed by atoms with van der Waals surface area (Å²) in [5.74, 6) is -0.472. The molecule has 0 bridgehead atoms. The highest BCUT2D eigenvalue weighted by Gasteiger charge is 2.57. The number of nitrogens with one attached hydrogen (secondary N) is 1. The van der Waals surface area contributed by atoms with E-state index >= 15 is 0 Å². The molecule has 1 N–H and O–H groups in total. The van der Waals surface area contributed by atoms with Gasteiger partial charge in [-0.1, -0.05) is 12.1 Å². The number of hydrogen-bond acceptors (Lipinski definition) is 6. The summed E-state index contributed by atoms with van der Waals surface area (Å²) in [4.78, 5) is 22.4. The van der Waals surface area contributed by atoms with Crippen LogP contribution in [0.1, 0.15) is 59.9 Å². The summed E-state index contributed by atoms with van der Waals surface area (Å²) in [6.07, 6.45) is -2.46. The van der Waals surface area contributed by atoms with E-state index in [0.717, 1.165) is 24.1 Å². The molecule has 0 saturated heterocycles. The van der Waals surface area contributed by atoms with Crippen molar-refractivity contribution in [3.63, 3.8) is 0 Å². The lowest BCUT2D eigenvalue weighted by Gasteiger charge is -2.18. The third-order valence-corrected chi connectivity index (χ3v) is 6.26. The number of benzene rings is 1. The molecule has 11 heteroatoms. The van der Waals surface area contributed by atoms with Crippen molar-refractivity contribution in [2.24, 2.45) is 0 Å². The second-order valence-electron chi connectivity index (χ2n) is 8.92. The Morgan fingerprint density at radius 1 is 1.24 bits per heavy atom. The van der Waals surface area contributed by atoms with E-state index in [1.165, 1.54) is 6.07 Å². The molecular formula is C23H23F3N6O2. The SMILES string of the molecule is Cc1cc(Nc2ncc(C(F)(F)F)c(Oc3cccc4c3C(=O)N(C)C43CC3)n2)n(C(C)C)n1. The molecule has 3 heterocycles. The van der Waals surface area contributed by atoms with E-state index in [-0.39, 0.29) is 34.7 Å². The van der Waals surface area contributed by atoms with Gasteiger partial charge in [0.25, 0.3) is 5.91 Å². The van der Waals surface area contributed by atoms with Crippen LogP contribution >= 0.6 is 0 Å². The fourth-order valence-corrected chi connectivity index (χ4v) is 4.41. The monoisotopic (exact) mass is 472 g/mol. The minimum atomic E-state index is -4.75. The molecule has 1 saturated carbocycles. The lowest BCUT2D eigenvalue weighted by Crippen LogP contribution is -2.28. The van der Waals surface area contributed by atoms with E-state index in [0.29, 0.717) is 12.0 Å². The van der Waals surface area contributed by atoms with Crippen LogP contribution in [0.4, 0.5) is 24.9 Å². The minimum absolute atomic E-state index is 0.00558. The van der Waals surface area contributed by atoms with Crippen LogP contribution < -0.4 is 10.1 Å². The summed E-state index contributed by atoms with van der Waals surface area (Å²) in [5, 5.41) is 7.30. The summed E-state index contributed by atoms with van der Waals surface area (Å²) < 4.78 is 48.7. The average Bonchev–Trinajstić information content (AvgIpc) is 3.44. The standard InChI is InChI=1S/C23H23F3N6O2/c1-12(2)32-17(10-13(3)30-32)28-21-27-11-15(23(24,25)26)19(29-21)34-16-7-5-6-14-18(16)20(33)31(4)22(14)8-9-22/h5-7,10-12H,8-9H2,1-4H3,(H,27,28,29). The molecule has 178 valence electrons. The number of rotatable bonds is 5. The summed E-state index contributed by atoms with van der Waals surface area (Å²) in [5.41, 5.74) is 0.261. The summed E-state index contributed by atoms with van der Waals surface area (Å²) >= 11 is 0. The van der Waals surface area contributed by atoms with Crippen molar-refractivity contribution in [2.75, 3.05) is 12.4 Å². The number of carbonyl (C=O) groups is 1. The van der Waals surface area contributed by atoms with Gasteiger partial charge in [0.05, 0.1) is 16.8 Å². The van der Waals surface area contributed by atoms with E-state index in [4.69, 9.17) is 4.74 Å². The highest BCUT2D eigenvalue weighted by atomic mass is 19.4. The molecule has 0 radical (unpaired) electrons. The van der Waals surface area contributed by atoms with Crippen LogP contribution in [0, 0.1) is 6.92 Å². The van der Waals surface area contributed by atoms with Crippen LogP contribution in [-0.4, -0.2) is 37.6 Å². The molecule has 8 nitrogen and oxygen atoms in total. The minimum Gasteiger partial charge on any atom is -0.437 e. The zero-order valence-corrected chi connectivity index (χ0v) is 19.1.